The number of hydrogen-bond acceptors (Lipinski definition) is 5. The fraction of sp³-hybridized carbons (Fsp3) is 0.263. The molecule has 3 rings (SSSR count). The minimum absolute atomic E-state index is 0.0555. The predicted molar refractivity (Wildman–Crippen MR) is 106 cm³/mol. The molecule has 0 aliphatic heterocycles. The number of amides is 1. The van der Waals surface area contributed by atoms with Crippen molar-refractivity contribution in [3.8, 4) is 0 Å². The Balaban J connectivity index is 1.87. The Bertz CT molecular complexity index is 1140. The molecule has 0 bridgehead atoms. The van der Waals surface area contributed by atoms with Crippen molar-refractivity contribution in [1.29, 1.82) is 0 Å². The van der Waals surface area contributed by atoms with Gasteiger partial charge in [0.25, 0.3) is 0 Å². The van der Waals surface area contributed by atoms with Crippen molar-refractivity contribution in [1.82, 2.24) is 13.9 Å². The summed E-state index contributed by atoms with van der Waals surface area (Å²) in [7, 11) is -0.704. The predicted octanol–water partition coefficient (Wildman–Crippen LogP) is 1.73. The van der Waals surface area contributed by atoms with Gasteiger partial charge in [0, 0.05) is 19.8 Å². The number of aromatic nitrogens is 2. The third-order valence-corrected chi connectivity index (χ3v) is 6.36. The van der Waals surface area contributed by atoms with Gasteiger partial charge in [-0.15, -0.1) is 0 Å². The largest absolute Gasteiger partial charge is 0.388 e. The van der Waals surface area contributed by atoms with E-state index in [2.05, 4.69) is 10.3 Å². The normalized spacial score (nSPS) is 11.9. The van der Waals surface area contributed by atoms with Crippen LogP contribution in [0, 0.1) is 6.92 Å². The maximum atomic E-state index is 12.6. The van der Waals surface area contributed by atoms with Gasteiger partial charge >= 0.3 is 0 Å². The zero-order valence-electron chi connectivity index (χ0n) is 15.9. The van der Waals surface area contributed by atoms with E-state index in [0.717, 1.165) is 9.82 Å². The zero-order chi connectivity index (χ0) is 20.5. The third kappa shape index (κ3) is 3.77. The first-order valence-electron chi connectivity index (χ1n) is 8.62. The Morgan fingerprint density at radius 1 is 1.21 bits per heavy atom. The Hall–Kier alpha value is -2.75. The summed E-state index contributed by atoms with van der Waals surface area (Å²) in [5.74, 6) is 0.0334. The monoisotopic (exact) mass is 402 g/mol. The molecule has 8 nitrogen and oxygen atoms in total. The van der Waals surface area contributed by atoms with Gasteiger partial charge in [-0.3, -0.25) is 4.79 Å². The van der Waals surface area contributed by atoms with Crippen LogP contribution in [0.25, 0.3) is 11.0 Å². The number of fused-ring (bicyclic) bond motifs is 1. The molecule has 0 fully saturated rings. The number of rotatable bonds is 6. The van der Waals surface area contributed by atoms with Gasteiger partial charge in [0.1, 0.15) is 19.0 Å². The number of aliphatic hydroxyl groups is 1. The lowest BCUT2D eigenvalue weighted by Gasteiger charge is -2.15. The Morgan fingerprint density at radius 3 is 2.61 bits per heavy atom. The van der Waals surface area contributed by atoms with Gasteiger partial charge in [-0.25, -0.2) is 17.7 Å². The molecule has 3 aromatic rings. The lowest BCUT2D eigenvalue weighted by atomic mass is 10.2. The quantitative estimate of drug-likeness (QED) is 0.653. The second-order valence-electron chi connectivity index (χ2n) is 6.58. The van der Waals surface area contributed by atoms with Gasteiger partial charge in [0.05, 0.1) is 15.9 Å². The van der Waals surface area contributed by atoms with Gasteiger partial charge in [-0.05, 0) is 36.8 Å². The number of hydrogen-bond donors (Lipinski definition) is 2. The van der Waals surface area contributed by atoms with Crippen molar-refractivity contribution >= 4 is 32.7 Å². The van der Waals surface area contributed by atoms with E-state index in [9.17, 15) is 18.3 Å². The van der Waals surface area contributed by atoms with E-state index in [4.69, 9.17) is 0 Å². The molecule has 0 unspecified atom stereocenters. The second-order valence-corrected chi connectivity index (χ2v) is 8.70. The number of nitrogens with zero attached hydrogens (tertiary/aromatic N) is 3. The summed E-state index contributed by atoms with van der Waals surface area (Å²) in [6.07, 6.45) is 0. The maximum absolute atomic E-state index is 12.6. The number of imidazole rings is 1. The molecule has 148 valence electrons. The van der Waals surface area contributed by atoms with Crippen molar-refractivity contribution in [3.63, 3.8) is 0 Å². The zero-order valence-corrected chi connectivity index (χ0v) is 16.7. The first-order chi connectivity index (χ1) is 13.2. The van der Waals surface area contributed by atoms with E-state index < -0.39 is 10.0 Å². The van der Waals surface area contributed by atoms with Gasteiger partial charge in [0.15, 0.2) is 0 Å². The highest BCUT2D eigenvalue weighted by Crippen LogP contribution is 2.23. The van der Waals surface area contributed by atoms with Crippen LogP contribution >= 0.6 is 0 Å². The molecule has 1 amide bonds. The third-order valence-electron chi connectivity index (χ3n) is 4.41. The van der Waals surface area contributed by atoms with Crippen LogP contribution in [0.15, 0.2) is 47.4 Å². The number of carbonyl (C=O) groups excluding carboxylic acids is 1. The minimum Gasteiger partial charge on any atom is -0.388 e. The van der Waals surface area contributed by atoms with Crippen LogP contribution in [0.1, 0.15) is 11.4 Å². The summed E-state index contributed by atoms with van der Waals surface area (Å²) in [4.78, 5) is 17.0. The van der Waals surface area contributed by atoms with E-state index in [0.29, 0.717) is 22.6 Å². The smallest absolute Gasteiger partial charge is 0.244 e. The SMILES string of the molecule is Cc1ccc(NC(=O)Cn2c(CO)nc3ccccc32)cc1S(=O)(=O)N(C)C. The molecule has 1 heterocycles. The van der Waals surface area contributed by atoms with E-state index >= 15 is 0 Å². The molecule has 0 atom stereocenters. The summed E-state index contributed by atoms with van der Waals surface area (Å²) in [5, 5.41) is 12.3. The second kappa shape index (κ2) is 7.70. The molecule has 9 heteroatoms. The maximum Gasteiger partial charge on any atom is 0.244 e. The molecule has 0 aliphatic rings. The van der Waals surface area contributed by atoms with Crippen LogP contribution in [0.3, 0.4) is 0 Å². The summed E-state index contributed by atoms with van der Waals surface area (Å²) >= 11 is 0. The number of aryl methyl sites for hydroxylation is 1. The fourth-order valence-corrected chi connectivity index (χ4v) is 4.06. The van der Waals surface area contributed by atoms with Crippen molar-refractivity contribution in [3.05, 3.63) is 53.9 Å². The number of benzene rings is 2. The molecule has 0 radical (unpaired) electrons. The van der Waals surface area contributed by atoms with Gasteiger partial charge in [-0.1, -0.05) is 18.2 Å². The lowest BCUT2D eigenvalue weighted by Crippen LogP contribution is -2.24. The molecule has 0 spiro atoms. The van der Waals surface area contributed by atoms with E-state index in [1.807, 2.05) is 18.2 Å². The first kappa shape index (κ1) is 20.0. The van der Waals surface area contributed by atoms with Crippen LogP contribution in [0.5, 0.6) is 0 Å². The number of nitrogens with one attached hydrogen (secondary N) is 1. The molecule has 2 N–H and O–H groups in total. The Kier molecular flexibility index (Phi) is 5.50. The molecular formula is C19H22N4O4S. The summed E-state index contributed by atoms with van der Waals surface area (Å²) < 4.78 is 27.7. The number of anilines is 1. The van der Waals surface area contributed by atoms with Crippen molar-refractivity contribution in [2.75, 3.05) is 19.4 Å². The average molecular weight is 402 g/mol. The summed E-state index contributed by atoms with van der Waals surface area (Å²) in [6, 6.07) is 12.0. The van der Waals surface area contributed by atoms with Crippen LogP contribution in [0.4, 0.5) is 5.69 Å². The summed E-state index contributed by atoms with van der Waals surface area (Å²) in [5.41, 5.74) is 2.40. The Labute approximate surface area is 163 Å². The van der Waals surface area contributed by atoms with Gasteiger partial charge in [-0.2, -0.15) is 0 Å². The van der Waals surface area contributed by atoms with Crippen LogP contribution in [-0.2, 0) is 28.0 Å². The standard InChI is InChI=1S/C19H22N4O4S/c1-13-8-9-14(10-17(13)28(26,27)22(2)3)20-19(25)11-23-16-7-5-4-6-15(16)21-18(23)12-24/h4-10,24H,11-12H2,1-3H3,(H,20,25). The molecular weight excluding hydrogens is 380 g/mol. The first-order valence-corrected chi connectivity index (χ1v) is 10.1. The number of aliphatic hydroxyl groups excluding tert-OH is 1. The number of para-hydroxylation sites is 2. The highest BCUT2D eigenvalue weighted by atomic mass is 32.2. The highest BCUT2D eigenvalue weighted by molar-refractivity contribution is 7.89. The van der Waals surface area contributed by atoms with E-state index in [1.165, 1.54) is 20.2 Å². The lowest BCUT2D eigenvalue weighted by molar-refractivity contribution is -0.116. The van der Waals surface area contributed by atoms with Crippen molar-refractivity contribution < 1.29 is 18.3 Å². The van der Waals surface area contributed by atoms with E-state index in [-0.39, 0.29) is 24.0 Å². The number of carbonyl (C=O) groups is 1. The molecule has 28 heavy (non-hydrogen) atoms. The number of sulfonamides is 1. The average Bonchev–Trinajstić information content (AvgIpc) is 3.00. The highest BCUT2D eigenvalue weighted by Gasteiger charge is 2.20. The van der Waals surface area contributed by atoms with Crippen LogP contribution in [0.2, 0.25) is 0 Å². The van der Waals surface area contributed by atoms with Crippen molar-refractivity contribution in [2.45, 2.75) is 25.0 Å². The van der Waals surface area contributed by atoms with Gasteiger partial charge < -0.3 is 15.0 Å². The molecule has 0 saturated heterocycles. The van der Waals surface area contributed by atoms with Crippen molar-refractivity contribution in [2.24, 2.45) is 0 Å². The fourth-order valence-electron chi connectivity index (χ4n) is 2.92. The molecule has 0 saturated carbocycles. The van der Waals surface area contributed by atoms with E-state index in [1.54, 1.807) is 29.7 Å². The minimum atomic E-state index is -3.62. The summed E-state index contributed by atoms with van der Waals surface area (Å²) in [6.45, 7) is 1.35. The molecule has 0 aliphatic carbocycles. The topological polar surface area (TPSA) is 105 Å². The van der Waals surface area contributed by atoms with Crippen LogP contribution in [-0.4, -0.2) is 47.4 Å². The Morgan fingerprint density at radius 2 is 1.93 bits per heavy atom. The van der Waals surface area contributed by atoms with Gasteiger partial charge in [0.2, 0.25) is 15.9 Å². The molecule has 2 aromatic carbocycles. The van der Waals surface area contributed by atoms with Crippen LogP contribution < -0.4 is 5.32 Å². The molecule has 1 aromatic heterocycles.